The molecule has 116 valence electrons. The largest absolute Gasteiger partial charge is 0.411 e. The molecular weight excluding hydrogens is 300 g/mol. The Hall–Kier alpha value is -2.14. The standard InChI is InChI=1S/C16H19ClN4O/c1-16(2,3)12-6-4-11(5-7-12)8-18-15-13(9-21-22)14(17)19-10-20-15/h4-7,9-10,22H,8H2,1-3H3,(H,18,19,20)/b21-9+. The fraction of sp³-hybridized carbons (Fsp3) is 0.312. The molecule has 0 saturated carbocycles. The second-order valence-corrected chi connectivity index (χ2v) is 6.33. The van der Waals surface area contributed by atoms with E-state index in [1.54, 1.807) is 0 Å². The Morgan fingerprint density at radius 3 is 2.50 bits per heavy atom. The highest BCUT2D eigenvalue weighted by molar-refractivity contribution is 6.32. The maximum Gasteiger partial charge on any atom is 0.143 e. The van der Waals surface area contributed by atoms with Gasteiger partial charge in [0.2, 0.25) is 0 Å². The number of nitrogens with one attached hydrogen (secondary N) is 1. The van der Waals surface area contributed by atoms with E-state index in [0.29, 0.717) is 17.9 Å². The lowest BCUT2D eigenvalue weighted by atomic mass is 9.87. The van der Waals surface area contributed by atoms with Crippen molar-refractivity contribution < 1.29 is 5.21 Å². The van der Waals surface area contributed by atoms with E-state index in [9.17, 15) is 0 Å². The van der Waals surface area contributed by atoms with Crippen LogP contribution in [-0.4, -0.2) is 21.4 Å². The number of anilines is 1. The Morgan fingerprint density at radius 2 is 1.91 bits per heavy atom. The van der Waals surface area contributed by atoms with E-state index in [2.05, 4.69) is 65.5 Å². The van der Waals surface area contributed by atoms with E-state index in [-0.39, 0.29) is 10.6 Å². The van der Waals surface area contributed by atoms with Crippen LogP contribution >= 0.6 is 11.6 Å². The van der Waals surface area contributed by atoms with Crippen LogP contribution in [0.2, 0.25) is 5.15 Å². The summed E-state index contributed by atoms with van der Waals surface area (Å²) < 4.78 is 0. The van der Waals surface area contributed by atoms with Crippen molar-refractivity contribution in [2.24, 2.45) is 5.16 Å². The van der Waals surface area contributed by atoms with Crippen LogP contribution in [0.3, 0.4) is 0 Å². The first kappa shape index (κ1) is 16.2. The quantitative estimate of drug-likeness (QED) is 0.389. The summed E-state index contributed by atoms with van der Waals surface area (Å²) >= 11 is 5.97. The Morgan fingerprint density at radius 1 is 1.23 bits per heavy atom. The molecule has 2 rings (SSSR count). The topological polar surface area (TPSA) is 70.4 Å². The molecule has 6 heteroatoms. The molecule has 0 fully saturated rings. The summed E-state index contributed by atoms with van der Waals surface area (Å²) in [5, 5.41) is 15.1. The van der Waals surface area contributed by atoms with E-state index in [4.69, 9.17) is 16.8 Å². The van der Waals surface area contributed by atoms with Gasteiger partial charge in [-0.05, 0) is 16.5 Å². The zero-order chi connectivity index (χ0) is 16.2. The van der Waals surface area contributed by atoms with Crippen molar-refractivity contribution >= 4 is 23.6 Å². The Balaban J connectivity index is 2.12. The highest BCUT2D eigenvalue weighted by Gasteiger charge is 2.13. The smallest absolute Gasteiger partial charge is 0.143 e. The van der Waals surface area contributed by atoms with Crippen LogP contribution in [0.4, 0.5) is 5.82 Å². The van der Waals surface area contributed by atoms with Crippen molar-refractivity contribution in [3.05, 3.63) is 52.4 Å². The average molecular weight is 319 g/mol. The van der Waals surface area contributed by atoms with Crippen molar-refractivity contribution in [3.63, 3.8) is 0 Å². The predicted molar refractivity (Wildman–Crippen MR) is 88.9 cm³/mol. The first-order valence-electron chi connectivity index (χ1n) is 6.93. The average Bonchev–Trinajstić information content (AvgIpc) is 2.47. The molecule has 0 spiro atoms. The van der Waals surface area contributed by atoms with Gasteiger partial charge in [0.1, 0.15) is 17.3 Å². The van der Waals surface area contributed by atoms with Gasteiger partial charge in [-0.15, -0.1) is 0 Å². The summed E-state index contributed by atoms with van der Waals surface area (Å²) in [7, 11) is 0. The number of benzene rings is 1. The van der Waals surface area contributed by atoms with E-state index in [1.807, 2.05) is 0 Å². The van der Waals surface area contributed by atoms with Gasteiger partial charge in [-0.3, -0.25) is 0 Å². The van der Waals surface area contributed by atoms with Gasteiger partial charge in [0.15, 0.2) is 0 Å². The molecule has 1 heterocycles. The molecule has 0 aliphatic rings. The van der Waals surface area contributed by atoms with Gasteiger partial charge >= 0.3 is 0 Å². The van der Waals surface area contributed by atoms with Gasteiger partial charge < -0.3 is 10.5 Å². The van der Waals surface area contributed by atoms with Gasteiger partial charge in [-0.2, -0.15) is 0 Å². The number of hydrogen-bond donors (Lipinski definition) is 2. The summed E-state index contributed by atoms with van der Waals surface area (Å²) in [6.45, 7) is 7.14. The van der Waals surface area contributed by atoms with Crippen molar-refractivity contribution in [2.45, 2.75) is 32.7 Å². The zero-order valence-corrected chi connectivity index (χ0v) is 13.6. The SMILES string of the molecule is CC(C)(C)c1ccc(CNc2ncnc(Cl)c2/C=N/O)cc1. The zero-order valence-electron chi connectivity index (χ0n) is 12.8. The van der Waals surface area contributed by atoms with E-state index >= 15 is 0 Å². The molecule has 0 bridgehead atoms. The van der Waals surface area contributed by atoms with E-state index in [0.717, 1.165) is 5.56 Å². The van der Waals surface area contributed by atoms with Crippen molar-refractivity contribution in [1.82, 2.24) is 9.97 Å². The highest BCUT2D eigenvalue weighted by Crippen LogP contribution is 2.23. The van der Waals surface area contributed by atoms with Crippen LogP contribution in [0.1, 0.15) is 37.5 Å². The molecule has 1 aromatic carbocycles. The van der Waals surface area contributed by atoms with Gasteiger partial charge in [0.05, 0.1) is 11.8 Å². The third kappa shape index (κ3) is 3.95. The summed E-state index contributed by atoms with van der Waals surface area (Å²) in [6, 6.07) is 8.41. The Kier molecular flexibility index (Phi) is 4.98. The second-order valence-electron chi connectivity index (χ2n) is 5.97. The number of aromatic nitrogens is 2. The minimum absolute atomic E-state index is 0.136. The first-order chi connectivity index (χ1) is 10.4. The molecule has 0 atom stereocenters. The van der Waals surface area contributed by atoms with Gasteiger partial charge in [0, 0.05) is 6.54 Å². The third-order valence-electron chi connectivity index (χ3n) is 3.30. The van der Waals surface area contributed by atoms with E-state index < -0.39 is 0 Å². The first-order valence-corrected chi connectivity index (χ1v) is 7.31. The van der Waals surface area contributed by atoms with Crippen LogP contribution in [-0.2, 0) is 12.0 Å². The molecular formula is C16H19ClN4O. The summed E-state index contributed by atoms with van der Waals surface area (Å²) in [4.78, 5) is 7.98. The number of hydrogen-bond acceptors (Lipinski definition) is 5. The molecule has 0 unspecified atom stereocenters. The van der Waals surface area contributed by atoms with Crippen molar-refractivity contribution in [3.8, 4) is 0 Å². The number of nitrogens with zero attached hydrogens (tertiary/aromatic N) is 3. The lowest BCUT2D eigenvalue weighted by Crippen LogP contribution is -2.11. The summed E-state index contributed by atoms with van der Waals surface area (Å²) in [6.07, 6.45) is 2.58. The monoisotopic (exact) mass is 318 g/mol. The maximum atomic E-state index is 8.69. The minimum atomic E-state index is 0.136. The summed E-state index contributed by atoms with van der Waals surface area (Å²) in [5.74, 6) is 0.526. The molecule has 1 aromatic heterocycles. The molecule has 0 radical (unpaired) electrons. The van der Waals surface area contributed by atoms with Gasteiger partial charge in [-0.25, -0.2) is 9.97 Å². The fourth-order valence-electron chi connectivity index (χ4n) is 2.00. The van der Waals surface area contributed by atoms with Crippen LogP contribution in [0.25, 0.3) is 0 Å². The number of halogens is 1. The predicted octanol–water partition coefficient (Wildman–Crippen LogP) is 3.85. The van der Waals surface area contributed by atoms with Crippen LogP contribution in [0.5, 0.6) is 0 Å². The number of rotatable bonds is 4. The van der Waals surface area contributed by atoms with Gasteiger partial charge in [-0.1, -0.05) is 61.8 Å². The number of oxime groups is 1. The van der Waals surface area contributed by atoms with Crippen molar-refractivity contribution in [2.75, 3.05) is 5.32 Å². The van der Waals surface area contributed by atoms with Crippen molar-refractivity contribution in [1.29, 1.82) is 0 Å². The summed E-state index contributed by atoms with van der Waals surface area (Å²) in [5.41, 5.74) is 3.00. The normalized spacial score (nSPS) is 11.8. The lowest BCUT2D eigenvalue weighted by molar-refractivity contribution is 0.322. The lowest BCUT2D eigenvalue weighted by Gasteiger charge is -2.19. The molecule has 2 N–H and O–H groups in total. The van der Waals surface area contributed by atoms with E-state index in [1.165, 1.54) is 18.1 Å². The molecule has 0 aliphatic carbocycles. The second kappa shape index (κ2) is 6.75. The van der Waals surface area contributed by atoms with Crippen LogP contribution < -0.4 is 5.32 Å². The Bertz CT molecular complexity index is 663. The maximum absolute atomic E-state index is 8.69. The fourth-order valence-corrected chi connectivity index (χ4v) is 2.18. The highest BCUT2D eigenvalue weighted by atomic mass is 35.5. The molecule has 5 nitrogen and oxygen atoms in total. The minimum Gasteiger partial charge on any atom is -0.411 e. The molecule has 0 amide bonds. The van der Waals surface area contributed by atoms with Crippen LogP contribution in [0, 0.1) is 0 Å². The molecule has 0 saturated heterocycles. The molecule has 0 aliphatic heterocycles. The molecule has 2 aromatic rings. The molecule has 22 heavy (non-hydrogen) atoms. The van der Waals surface area contributed by atoms with Crippen LogP contribution in [0.15, 0.2) is 35.7 Å². The third-order valence-corrected chi connectivity index (χ3v) is 3.60. The Labute approximate surface area is 135 Å². The van der Waals surface area contributed by atoms with Gasteiger partial charge in [0.25, 0.3) is 0 Å².